The molecule has 0 aliphatic carbocycles. The van der Waals surface area contributed by atoms with E-state index >= 15 is 0 Å². The topological polar surface area (TPSA) is 32.8 Å². The first-order chi connectivity index (χ1) is 11.8. The van der Waals surface area contributed by atoms with Crippen LogP contribution < -0.4 is 9.64 Å². The fourth-order valence-electron chi connectivity index (χ4n) is 2.96. The van der Waals surface area contributed by atoms with Gasteiger partial charge >= 0.3 is 0 Å². The van der Waals surface area contributed by atoms with Gasteiger partial charge in [-0.1, -0.05) is 37.3 Å². The third-order valence-corrected chi connectivity index (χ3v) is 4.27. The minimum atomic E-state index is 0.0643. The summed E-state index contributed by atoms with van der Waals surface area (Å²) in [6.07, 6.45) is 0.929. The Balaban J connectivity index is 1.65. The van der Waals surface area contributed by atoms with Crippen LogP contribution in [0.1, 0.15) is 23.7 Å². The SMILES string of the molecule is CCCOc1ccccc1C(=O)N1CCN(c2ccccc2)CC1. The molecule has 1 heterocycles. The second-order valence-corrected chi connectivity index (χ2v) is 5.96. The lowest BCUT2D eigenvalue weighted by Gasteiger charge is -2.36. The van der Waals surface area contributed by atoms with Crippen LogP contribution in [-0.4, -0.2) is 43.6 Å². The van der Waals surface area contributed by atoms with Crippen molar-refractivity contribution in [1.82, 2.24) is 4.90 Å². The maximum absolute atomic E-state index is 12.9. The molecule has 0 bridgehead atoms. The first-order valence-electron chi connectivity index (χ1n) is 8.60. The summed E-state index contributed by atoms with van der Waals surface area (Å²) in [5.74, 6) is 0.754. The van der Waals surface area contributed by atoms with Gasteiger partial charge in [0.05, 0.1) is 12.2 Å². The van der Waals surface area contributed by atoms with Crippen molar-refractivity contribution in [3.8, 4) is 5.75 Å². The number of carbonyl (C=O) groups is 1. The van der Waals surface area contributed by atoms with Gasteiger partial charge in [-0.25, -0.2) is 0 Å². The molecule has 2 aromatic carbocycles. The zero-order chi connectivity index (χ0) is 16.8. The Labute approximate surface area is 143 Å². The molecule has 0 unspecified atom stereocenters. The van der Waals surface area contributed by atoms with Crippen molar-refractivity contribution in [1.29, 1.82) is 0 Å². The van der Waals surface area contributed by atoms with Gasteiger partial charge in [0, 0.05) is 31.9 Å². The summed E-state index contributed by atoms with van der Waals surface area (Å²) in [4.78, 5) is 17.1. The zero-order valence-corrected chi connectivity index (χ0v) is 14.1. The van der Waals surface area contributed by atoms with Crippen LogP contribution >= 0.6 is 0 Å². The van der Waals surface area contributed by atoms with Crippen LogP contribution in [0.25, 0.3) is 0 Å². The molecule has 1 saturated heterocycles. The van der Waals surface area contributed by atoms with E-state index in [-0.39, 0.29) is 5.91 Å². The molecule has 4 heteroatoms. The molecule has 1 aliphatic rings. The Morgan fingerprint density at radius 2 is 1.62 bits per heavy atom. The molecule has 0 saturated carbocycles. The highest BCUT2D eigenvalue weighted by atomic mass is 16.5. The number of nitrogens with zero attached hydrogens (tertiary/aromatic N) is 2. The second kappa shape index (κ2) is 7.86. The lowest BCUT2D eigenvalue weighted by Crippen LogP contribution is -2.48. The third kappa shape index (κ3) is 3.70. The molecule has 3 rings (SSSR count). The van der Waals surface area contributed by atoms with Crippen LogP contribution in [0.2, 0.25) is 0 Å². The number of piperazine rings is 1. The van der Waals surface area contributed by atoms with Crippen molar-refractivity contribution in [2.75, 3.05) is 37.7 Å². The molecule has 0 aromatic heterocycles. The first-order valence-corrected chi connectivity index (χ1v) is 8.60. The van der Waals surface area contributed by atoms with Crippen molar-refractivity contribution in [3.63, 3.8) is 0 Å². The molecule has 4 nitrogen and oxygen atoms in total. The zero-order valence-electron chi connectivity index (χ0n) is 14.1. The highest BCUT2D eigenvalue weighted by molar-refractivity contribution is 5.97. The fraction of sp³-hybridized carbons (Fsp3) is 0.350. The summed E-state index contributed by atoms with van der Waals surface area (Å²) in [5, 5.41) is 0. The summed E-state index contributed by atoms with van der Waals surface area (Å²) in [6, 6.07) is 17.9. The third-order valence-electron chi connectivity index (χ3n) is 4.27. The number of hydrogen-bond acceptors (Lipinski definition) is 3. The number of para-hydroxylation sites is 2. The number of ether oxygens (including phenoxy) is 1. The summed E-state index contributed by atoms with van der Waals surface area (Å²) >= 11 is 0. The lowest BCUT2D eigenvalue weighted by molar-refractivity contribution is 0.0742. The molecule has 0 spiro atoms. The standard InChI is InChI=1S/C20H24N2O2/c1-2-16-24-19-11-7-6-10-18(19)20(23)22-14-12-21(13-15-22)17-8-4-3-5-9-17/h3-11H,2,12-16H2,1H3. The highest BCUT2D eigenvalue weighted by Gasteiger charge is 2.24. The quantitative estimate of drug-likeness (QED) is 0.844. The minimum absolute atomic E-state index is 0.0643. The fourth-order valence-corrected chi connectivity index (χ4v) is 2.96. The molecule has 2 aromatic rings. The molecule has 24 heavy (non-hydrogen) atoms. The van der Waals surface area contributed by atoms with E-state index in [1.165, 1.54) is 5.69 Å². The number of carbonyl (C=O) groups excluding carboxylic acids is 1. The summed E-state index contributed by atoms with van der Waals surface area (Å²) in [7, 11) is 0. The van der Waals surface area contributed by atoms with Crippen LogP contribution in [-0.2, 0) is 0 Å². The van der Waals surface area contributed by atoms with E-state index in [2.05, 4.69) is 24.0 Å². The Bertz CT molecular complexity index is 664. The Hall–Kier alpha value is -2.49. The van der Waals surface area contributed by atoms with Gasteiger partial charge in [0.15, 0.2) is 0 Å². The van der Waals surface area contributed by atoms with Crippen molar-refractivity contribution < 1.29 is 9.53 Å². The number of hydrogen-bond donors (Lipinski definition) is 0. The monoisotopic (exact) mass is 324 g/mol. The predicted molar refractivity (Wildman–Crippen MR) is 96.8 cm³/mol. The van der Waals surface area contributed by atoms with E-state index in [0.29, 0.717) is 17.9 Å². The van der Waals surface area contributed by atoms with Crippen LogP contribution in [0, 0.1) is 0 Å². The van der Waals surface area contributed by atoms with Crippen LogP contribution in [0.5, 0.6) is 5.75 Å². The molecule has 0 radical (unpaired) electrons. The summed E-state index contributed by atoms with van der Waals surface area (Å²) in [5.41, 5.74) is 1.88. The minimum Gasteiger partial charge on any atom is -0.493 e. The summed E-state index contributed by atoms with van der Waals surface area (Å²) < 4.78 is 5.73. The number of anilines is 1. The Morgan fingerprint density at radius 1 is 0.958 bits per heavy atom. The van der Waals surface area contributed by atoms with Gasteiger partial charge in [0.1, 0.15) is 5.75 Å². The Kier molecular flexibility index (Phi) is 5.36. The van der Waals surface area contributed by atoms with E-state index < -0.39 is 0 Å². The average molecular weight is 324 g/mol. The molecule has 0 atom stereocenters. The van der Waals surface area contributed by atoms with Crippen LogP contribution in [0.4, 0.5) is 5.69 Å². The van der Waals surface area contributed by atoms with E-state index in [9.17, 15) is 4.79 Å². The average Bonchev–Trinajstić information content (AvgIpc) is 2.67. The predicted octanol–water partition coefficient (Wildman–Crippen LogP) is 3.44. The molecular formula is C20H24N2O2. The van der Waals surface area contributed by atoms with Crippen molar-refractivity contribution in [2.24, 2.45) is 0 Å². The van der Waals surface area contributed by atoms with Crippen molar-refractivity contribution in [3.05, 3.63) is 60.2 Å². The largest absolute Gasteiger partial charge is 0.493 e. The molecule has 0 N–H and O–H groups in total. The van der Waals surface area contributed by atoms with Gasteiger partial charge < -0.3 is 14.5 Å². The van der Waals surface area contributed by atoms with Crippen LogP contribution in [0.15, 0.2) is 54.6 Å². The molecular weight excluding hydrogens is 300 g/mol. The van der Waals surface area contributed by atoms with Crippen molar-refractivity contribution >= 4 is 11.6 Å². The van der Waals surface area contributed by atoms with Crippen molar-refractivity contribution in [2.45, 2.75) is 13.3 Å². The normalized spacial score (nSPS) is 14.5. The molecule has 1 amide bonds. The van der Waals surface area contributed by atoms with Gasteiger partial charge in [-0.15, -0.1) is 0 Å². The summed E-state index contributed by atoms with van der Waals surface area (Å²) in [6.45, 7) is 5.87. The second-order valence-electron chi connectivity index (χ2n) is 5.96. The number of rotatable bonds is 5. The maximum Gasteiger partial charge on any atom is 0.257 e. The first kappa shape index (κ1) is 16.4. The van der Waals surface area contributed by atoms with Crippen LogP contribution in [0.3, 0.4) is 0 Å². The smallest absolute Gasteiger partial charge is 0.257 e. The number of benzene rings is 2. The highest BCUT2D eigenvalue weighted by Crippen LogP contribution is 2.22. The van der Waals surface area contributed by atoms with Gasteiger partial charge in [-0.3, -0.25) is 4.79 Å². The van der Waals surface area contributed by atoms with E-state index in [1.807, 2.05) is 47.4 Å². The van der Waals surface area contributed by atoms with Gasteiger partial charge in [0.2, 0.25) is 0 Å². The van der Waals surface area contributed by atoms with Gasteiger partial charge in [-0.05, 0) is 30.7 Å². The lowest BCUT2D eigenvalue weighted by atomic mass is 10.1. The van der Waals surface area contributed by atoms with E-state index in [1.54, 1.807) is 0 Å². The maximum atomic E-state index is 12.9. The molecule has 1 fully saturated rings. The molecule has 1 aliphatic heterocycles. The van der Waals surface area contributed by atoms with E-state index in [4.69, 9.17) is 4.74 Å². The number of amides is 1. The Morgan fingerprint density at radius 3 is 2.33 bits per heavy atom. The van der Waals surface area contributed by atoms with Gasteiger partial charge in [-0.2, -0.15) is 0 Å². The molecule has 126 valence electrons. The van der Waals surface area contributed by atoms with E-state index in [0.717, 1.165) is 32.6 Å². The van der Waals surface area contributed by atoms with Gasteiger partial charge in [0.25, 0.3) is 5.91 Å².